The van der Waals surface area contributed by atoms with Crippen LogP contribution in [0.3, 0.4) is 0 Å². The van der Waals surface area contributed by atoms with Gasteiger partial charge in [-0.3, -0.25) is 4.79 Å². The number of amides is 3. The van der Waals surface area contributed by atoms with E-state index in [0.29, 0.717) is 17.8 Å². The van der Waals surface area contributed by atoms with Crippen molar-refractivity contribution in [2.24, 2.45) is 5.73 Å². The van der Waals surface area contributed by atoms with Gasteiger partial charge in [0.2, 0.25) is 5.91 Å². The molecule has 1 aliphatic rings. The summed E-state index contributed by atoms with van der Waals surface area (Å²) in [4.78, 5) is 36.8. The molecule has 0 spiro atoms. The molecule has 114 valence electrons. The first kappa shape index (κ1) is 15.3. The van der Waals surface area contributed by atoms with E-state index in [4.69, 9.17) is 5.73 Å². The maximum atomic E-state index is 12.3. The van der Waals surface area contributed by atoms with Gasteiger partial charge in [-0.1, -0.05) is 6.07 Å². The van der Waals surface area contributed by atoms with Gasteiger partial charge in [-0.05, 0) is 30.7 Å². The first-order chi connectivity index (χ1) is 10.0. The number of likely N-dealkylation sites (tertiary alicyclic amines) is 1. The number of carboxylic acids is 1. The van der Waals surface area contributed by atoms with Crippen LogP contribution in [0.1, 0.15) is 30.2 Å². The Morgan fingerprint density at radius 2 is 2.19 bits per heavy atom. The SMILES string of the molecule is NC(=O)C1CCCCN1C(=O)NC(C(=O)O)c1cccs1. The number of piperidine rings is 1. The third-order valence-corrected chi connectivity index (χ3v) is 4.37. The Morgan fingerprint density at radius 3 is 2.76 bits per heavy atom. The number of aliphatic carboxylic acids is 1. The molecule has 4 N–H and O–H groups in total. The first-order valence-electron chi connectivity index (χ1n) is 6.63. The Morgan fingerprint density at radius 1 is 1.43 bits per heavy atom. The van der Waals surface area contributed by atoms with E-state index in [1.807, 2.05) is 0 Å². The average Bonchev–Trinajstić information content (AvgIpc) is 2.97. The van der Waals surface area contributed by atoms with Gasteiger partial charge in [-0.2, -0.15) is 0 Å². The van der Waals surface area contributed by atoms with Crippen LogP contribution < -0.4 is 11.1 Å². The third-order valence-electron chi connectivity index (χ3n) is 3.43. The van der Waals surface area contributed by atoms with Crippen LogP contribution in [0.5, 0.6) is 0 Å². The normalized spacial score (nSPS) is 19.8. The number of hydrogen-bond acceptors (Lipinski definition) is 4. The fraction of sp³-hybridized carbons (Fsp3) is 0.462. The van der Waals surface area contributed by atoms with Crippen molar-refractivity contribution in [1.82, 2.24) is 10.2 Å². The van der Waals surface area contributed by atoms with Crippen LogP contribution >= 0.6 is 11.3 Å². The highest BCUT2D eigenvalue weighted by molar-refractivity contribution is 7.10. The van der Waals surface area contributed by atoms with Crippen LogP contribution in [0.25, 0.3) is 0 Å². The van der Waals surface area contributed by atoms with Gasteiger partial charge in [0.1, 0.15) is 6.04 Å². The van der Waals surface area contributed by atoms with Crippen LogP contribution in [0.15, 0.2) is 17.5 Å². The lowest BCUT2D eigenvalue weighted by Crippen LogP contribution is -2.54. The molecule has 2 rings (SSSR count). The maximum Gasteiger partial charge on any atom is 0.331 e. The Kier molecular flexibility index (Phi) is 4.79. The van der Waals surface area contributed by atoms with Crippen molar-refractivity contribution < 1.29 is 19.5 Å². The largest absolute Gasteiger partial charge is 0.479 e. The molecule has 1 aromatic heterocycles. The molecular weight excluding hydrogens is 294 g/mol. The van der Waals surface area contributed by atoms with E-state index in [-0.39, 0.29) is 0 Å². The Labute approximate surface area is 125 Å². The van der Waals surface area contributed by atoms with E-state index >= 15 is 0 Å². The van der Waals surface area contributed by atoms with Crippen LogP contribution in [-0.4, -0.2) is 40.5 Å². The fourth-order valence-electron chi connectivity index (χ4n) is 2.39. The number of hydrogen-bond donors (Lipinski definition) is 3. The van der Waals surface area contributed by atoms with Gasteiger partial charge in [0.25, 0.3) is 0 Å². The van der Waals surface area contributed by atoms with E-state index < -0.39 is 30.0 Å². The molecule has 1 saturated heterocycles. The summed E-state index contributed by atoms with van der Waals surface area (Å²) in [5, 5.41) is 13.5. The lowest BCUT2D eigenvalue weighted by Gasteiger charge is -2.34. The van der Waals surface area contributed by atoms with E-state index in [9.17, 15) is 19.5 Å². The number of thiophene rings is 1. The predicted molar refractivity (Wildman–Crippen MR) is 76.8 cm³/mol. The van der Waals surface area contributed by atoms with E-state index in [1.165, 1.54) is 16.2 Å². The molecule has 0 radical (unpaired) electrons. The highest BCUT2D eigenvalue weighted by atomic mass is 32.1. The van der Waals surface area contributed by atoms with Gasteiger partial charge in [0.05, 0.1) is 0 Å². The van der Waals surface area contributed by atoms with Crippen molar-refractivity contribution in [2.45, 2.75) is 31.3 Å². The summed E-state index contributed by atoms with van der Waals surface area (Å²) in [5.41, 5.74) is 5.31. The van der Waals surface area contributed by atoms with Crippen molar-refractivity contribution in [1.29, 1.82) is 0 Å². The fourth-order valence-corrected chi connectivity index (χ4v) is 3.15. The number of carbonyl (C=O) groups excluding carboxylic acids is 2. The Bertz CT molecular complexity index is 532. The summed E-state index contributed by atoms with van der Waals surface area (Å²) in [6.45, 7) is 0.399. The molecule has 21 heavy (non-hydrogen) atoms. The molecule has 2 atom stereocenters. The predicted octanol–water partition coefficient (Wildman–Crippen LogP) is 0.923. The Hall–Kier alpha value is -2.09. The van der Waals surface area contributed by atoms with E-state index in [0.717, 1.165) is 12.8 Å². The van der Waals surface area contributed by atoms with Crippen LogP contribution in [0.2, 0.25) is 0 Å². The summed E-state index contributed by atoms with van der Waals surface area (Å²) in [5.74, 6) is -1.70. The van der Waals surface area contributed by atoms with E-state index in [2.05, 4.69) is 5.32 Å². The number of primary amides is 1. The second-order valence-electron chi connectivity index (χ2n) is 4.84. The number of rotatable bonds is 4. The zero-order valence-electron chi connectivity index (χ0n) is 11.3. The third kappa shape index (κ3) is 3.52. The Balaban J connectivity index is 2.11. The van der Waals surface area contributed by atoms with Gasteiger partial charge >= 0.3 is 12.0 Å². The number of nitrogens with one attached hydrogen (secondary N) is 1. The average molecular weight is 311 g/mol. The topological polar surface area (TPSA) is 113 Å². The summed E-state index contributed by atoms with van der Waals surface area (Å²) in [6, 6.07) is 1.00. The highest BCUT2D eigenvalue weighted by Crippen LogP contribution is 2.21. The van der Waals surface area contributed by atoms with Crippen LogP contribution in [0, 0.1) is 0 Å². The van der Waals surface area contributed by atoms with Crippen molar-refractivity contribution in [2.75, 3.05) is 6.54 Å². The number of carbonyl (C=O) groups is 3. The van der Waals surface area contributed by atoms with Gasteiger partial charge in [0, 0.05) is 11.4 Å². The second kappa shape index (κ2) is 6.57. The zero-order valence-corrected chi connectivity index (χ0v) is 12.1. The van der Waals surface area contributed by atoms with Gasteiger partial charge < -0.3 is 21.1 Å². The summed E-state index contributed by atoms with van der Waals surface area (Å²) < 4.78 is 0. The van der Waals surface area contributed by atoms with Gasteiger partial charge in [-0.25, -0.2) is 9.59 Å². The minimum absolute atomic E-state index is 0.399. The molecule has 1 fully saturated rings. The molecule has 3 amide bonds. The van der Waals surface area contributed by atoms with Crippen molar-refractivity contribution in [3.05, 3.63) is 22.4 Å². The van der Waals surface area contributed by atoms with E-state index in [1.54, 1.807) is 17.5 Å². The molecule has 0 aromatic carbocycles. The number of nitrogens with two attached hydrogens (primary N) is 1. The minimum Gasteiger partial charge on any atom is -0.479 e. The lowest BCUT2D eigenvalue weighted by atomic mass is 10.0. The highest BCUT2D eigenvalue weighted by Gasteiger charge is 2.33. The van der Waals surface area contributed by atoms with Gasteiger partial charge in [0.15, 0.2) is 6.04 Å². The molecular formula is C13H17N3O4S. The first-order valence-corrected chi connectivity index (χ1v) is 7.51. The van der Waals surface area contributed by atoms with Crippen molar-refractivity contribution in [3.8, 4) is 0 Å². The molecule has 7 nitrogen and oxygen atoms in total. The summed E-state index contributed by atoms with van der Waals surface area (Å²) in [7, 11) is 0. The van der Waals surface area contributed by atoms with Crippen LogP contribution in [-0.2, 0) is 9.59 Å². The van der Waals surface area contributed by atoms with Gasteiger partial charge in [-0.15, -0.1) is 11.3 Å². The lowest BCUT2D eigenvalue weighted by molar-refractivity contribution is -0.139. The number of nitrogens with zero attached hydrogens (tertiary/aromatic N) is 1. The quantitative estimate of drug-likeness (QED) is 0.767. The smallest absolute Gasteiger partial charge is 0.331 e. The molecule has 0 bridgehead atoms. The molecule has 1 aliphatic heterocycles. The summed E-state index contributed by atoms with van der Waals surface area (Å²) in [6.07, 6.45) is 2.11. The monoisotopic (exact) mass is 311 g/mol. The summed E-state index contributed by atoms with van der Waals surface area (Å²) >= 11 is 1.25. The van der Waals surface area contributed by atoms with Crippen molar-refractivity contribution >= 4 is 29.2 Å². The molecule has 8 heteroatoms. The maximum absolute atomic E-state index is 12.3. The molecule has 1 aromatic rings. The minimum atomic E-state index is -1.14. The molecule has 0 aliphatic carbocycles. The molecule has 2 unspecified atom stereocenters. The van der Waals surface area contributed by atoms with Crippen LogP contribution in [0.4, 0.5) is 4.79 Å². The zero-order chi connectivity index (χ0) is 15.4. The second-order valence-corrected chi connectivity index (χ2v) is 5.82. The number of urea groups is 1. The van der Waals surface area contributed by atoms with Crippen molar-refractivity contribution in [3.63, 3.8) is 0 Å². The standard InChI is InChI=1S/C13H17N3O4S/c14-11(17)8-4-1-2-6-16(8)13(20)15-10(12(18)19)9-5-3-7-21-9/h3,5,7-8,10H,1-2,4,6H2,(H2,14,17)(H,15,20)(H,18,19). The molecule has 0 saturated carbocycles. The number of carboxylic acid groups (broad SMARTS) is 1. The molecule has 2 heterocycles.